The lowest BCUT2D eigenvalue weighted by Crippen LogP contribution is -2.18. The molecule has 1 heterocycles. The molecule has 0 saturated heterocycles. The zero-order valence-corrected chi connectivity index (χ0v) is 16.7. The van der Waals surface area contributed by atoms with Crippen LogP contribution in [0.4, 0.5) is 5.69 Å². The van der Waals surface area contributed by atoms with Crippen LogP contribution in [-0.2, 0) is 0 Å². The number of ether oxygens (including phenoxy) is 1. The highest BCUT2D eigenvalue weighted by Gasteiger charge is 2.31. The quantitative estimate of drug-likeness (QED) is 0.468. The van der Waals surface area contributed by atoms with Gasteiger partial charge < -0.3 is 9.84 Å². The number of para-hydroxylation sites is 1. The highest BCUT2D eigenvalue weighted by atomic mass is 16.5. The molecule has 1 unspecified atom stereocenters. The maximum absolute atomic E-state index is 11.0. The fourth-order valence-corrected chi connectivity index (χ4v) is 4.09. The number of hydrogen-bond donors (Lipinski definition) is 1. The van der Waals surface area contributed by atoms with Crippen molar-refractivity contribution in [3.05, 3.63) is 102 Å². The fourth-order valence-electron chi connectivity index (χ4n) is 4.09. The van der Waals surface area contributed by atoms with Crippen molar-refractivity contribution >= 4 is 22.2 Å². The molecule has 0 fully saturated rings. The predicted molar refractivity (Wildman–Crippen MR) is 121 cm³/mol. The van der Waals surface area contributed by atoms with Crippen LogP contribution in [0, 0.1) is 0 Å². The molecule has 0 saturated carbocycles. The Labute approximate surface area is 175 Å². The van der Waals surface area contributed by atoms with E-state index in [0.717, 1.165) is 39.0 Å². The fraction of sp³-hybridized carbons (Fsp3) is 0.115. The maximum atomic E-state index is 11.0. The summed E-state index contributed by atoms with van der Waals surface area (Å²) >= 11 is 0. The smallest absolute Gasteiger partial charge is 0.132 e. The molecule has 4 aromatic carbocycles. The number of hydrogen-bond acceptors (Lipinski definition) is 4. The van der Waals surface area contributed by atoms with Crippen LogP contribution in [0.5, 0.6) is 11.5 Å². The monoisotopic (exact) mass is 394 g/mol. The number of phenols is 1. The molecular weight excluding hydrogens is 372 g/mol. The van der Waals surface area contributed by atoms with Gasteiger partial charge in [-0.15, -0.1) is 0 Å². The van der Waals surface area contributed by atoms with E-state index in [1.807, 2.05) is 71.7 Å². The third-order valence-electron chi connectivity index (χ3n) is 5.62. The van der Waals surface area contributed by atoms with E-state index < -0.39 is 0 Å². The minimum absolute atomic E-state index is 0.0170. The minimum atomic E-state index is 0.0170. The van der Waals surface area contributed by atoms with Crippen molar-refractivity contribution < 1.29 is 9.84 Å². The summed E-state index contributed by atoms with van der Waals surface area (Å²) in [6.07, 6.45) is 0.688. The van der Waals surface area contributed by atoms with Gasteiger partial charge in [0.25, 0.3) is 0 Å². The van der Waals surface area contributed by atoms with Crippen molar-refractivity contribution in [3.63, 3.8) is 0 Å². The predicted octanol–water partition coefficient (Wildman–Crippen LogP) is 5.91. The van der Waals surface area contributed by atoms with E-state index in [0.29, 0.717) is 6.42 Å². The first-order chi connectivity index (χ1) is 14.7. The first-order valence-electron chi connectivity index (χ1n) is 10.0. The van der Waals surface area contributed by atoms with Gasteiger partial charge in [-0.25, -0.2) is 0 Å². The van der Waals surface area contributed by atoms with Crippen molar-refractivity contribution in [2.75, 3.05) is 12.1 Å². The molecule has 4 aromatic rings. The van der Waals surface area contributed by atoms with Gasteiger partial charge in [-0.3, -0.25) is 5.01 Å². The highest BCUT2D eigenvalue weighted by Crippen LogP contribution is 2.40. The Bertz CT molecular complexity index is 1230. The summed E-state index contributed by atoms with van der Waals surface area (Å²) in [6.45, 7) is 0. The molecule has 0 spiro atoms. The van der Waals surface area contributed by atoms with Crippen LogP contribution in [0.3, 0.4) is 0 Å². The van der Waals surface area contributed by atoms with Crippen LogP contribution >= 0.6 is 0 Å². The van der Waals surface area contributed by atoms with Crippen LogP contribution in [0.15, 0.2) is 96.1 Å². The van der Waals surface area contributed by atoms with E-state index in [-0.39, 0.29) is 11.8 Å². The lowest BCUT2D eigenvalue weighted by Gasteiger charge is -2.24. The molecule has 4 nitrogen and oxygen atoms in total. The summed E-state index contributed by atoms with van der Waals surface area (Å²) < 4.78 is 5.44. The largest absolute Gasteiger partial charge is 0.507 e. The number of phenolic OH excluding ortho intramolecular Hbond substituents is 1. The van der Waals surface area contributed by atoms with Crippen LogP contribution in [0.1, 0.15) is 23.6 Å². The standard InChI is InChI=1S/C26H22N2O2/c1-30-21-12-7-9-19(16-21)25-17-24(27-28(25)20-10-3-2-4-11-20)23-15-14-18-8-5-6-13-22(18)26(23)29/h2-16,25,29H,17H2,1H3. The summed E-state index contributed by atoms with van der Waals surface area (Å²) in [5.41, 5.74) is 3.78. The molecule has 148 valence electrons. The van der Waals surface area contributed by atoms with Crippen molar-refractivity contribution in [1.82, 2.24) is 0 Å². The van der Waals surface area contributed by atoms with Gasteiger partial charge in [0.15, 0.2) is 0 Å². The third kappa shape index (κ3) is 3.16. The first-order valence-corrected chi connectivity index (χ1v) is 10.0. The van der Waals surface area contributed by atoms with E-state index in [9.17, 15) is 5.11 Å². The van der Waals surface area contributed by atoms with E-state index in [1.165, 1.54) is 0 Å². The molecule has 0 bridgehead atoms. The molecule has 0 aromatic heterocycles. The van der Waals surface area contributed by atoms with Crippen molar-refractivity contribution in [1.29, 1.82) is 0 Å². The van der Waals surface area contributed by atoms with Gasteiger partial charge >= 0.3 is 0 Å². The highest BCUT2D eigenvalue weighted by molar-refractivity contribution is 6.09. The number of rotatable bonds is 4. The number of benzene rings is 4. The van der Waals surface area contributed by atoms with E-state index in [1.54, 1.807) is 7.11 Å². The van der Waals surface area contributed by atoms with Gasteiger partial charge in [-0.05, 0) is 41.3 Å². The summed E-state index contributed by atoms with van der Waals surface area (Å²) in [5.74, 6) is 1.11. The van der Waals surface area contributed by atoms with Crippen LogP contribution in [0.25, 0.3) is 10.8 Å². The molecule has 30 heavy (non-hydrogen) atoms. The summed E-state index contributed by atoms with van der Waals surface area (Å²) in [6, 6.07) is 30.1. The third-order valence-corrected chi connectivity index (χ3v) is 5.62. The molecule has 0 aliphatic carbocycles. The zero-order valence-electron chi connectivity index (χ0n) is 16.7. The van der Waals surface area contributed by atoms with E-state index in [4.69, 9.17) is 9.84 Å². The second-order valence-electron chi connectivity index (χ2n) is 7.41. The van der Waals surface area contributed by atoms with Gasteiger partial charge in [0, 0.05) is 17.4 Å². The SMILES string of the molecule is COc1cccc(C2CC(c3ccc4ccccc4c3O)=NN2c2ccccc2)c1. The second-order valence-corrected chi connectivity index (χ2v) is 7.41. The van der Waals surface area contributed by atoms with Gasteiger partial charge in [0.2, 0.25) is 0 Å². The number of methoxy groups -OCH3 is 1. The average molecular weight is 394 g/mol. The summed E-state index contributed by atoms with van der Waals surface area (Å²) in [4.78, 5) is 0. The molecule has 1 atom stereocenters. The normalized spacial score (nSPS) is 16.0. The number of nitrogens with zero attached hydrogens (tertiary/aromatic N) is 2. The molecule has 5 rings (SSSR count). The van der Waals surface area contributed by atoms with Crippen LogP contribution in [-0.4, -0.2) is 17.9 Å². The topological polar surface area (TPSA) is 45.1 Å². The Morgan fingerprint density at radius 1 is 0.900 bits per heavy atom. The molecule has 1 aliphatic heterocycles. The van der Waals surface area contributed by atoms with Gasteiger partial charge in [-0.1, -0.05) is 60.7 Å². The molecule has 0 amide bonds. The number of aromatic hydroxyl groups is 1. The van der Waals surface area contributed by atoms with Gasteiger partial charge in [-0.2, -0.15) is 5.10 Å². The summed E-state index contributed by atoms with van der Waals surface area (Å²) in [5, 5.41) is 19.8. The number of fused-ring (bicyclic) bond motifs is 1. The Balaban J connectivity index is 1.61. The van der Waals surface area contributed by atoms with Crippen molar-refractivity contribution in [2.45, 2.75) is 12.5 Å². The van der Waals surface area contributed by atoms with E-state index in [2.05, 4.69) is 24.3 Å². The lowest BCUT2D eigenvalue weighted by atomic mass is 9.95. The molecule has 1 aliphatic rings. The van der Waals surface area contributed by atoms with Crippen molar-refractivity contribution in [3.8, 4) is 11.5 Å². The molecule has 1 N–H and O–H groups in total. The maximum Gasteiger partial charge on any atom is 0.132 e. The summed E-state index contributed by atoms with van der Waals surface area (Å²) in [7, 11) is 1.68. The Kier molecular flexibility index (Phi) is 4.60. The zero-order chi connectivity index (χ0) is 20.5. The Hall–Kier alpha value is -3.79. The van der Waals surface area contributed by atoms with Crippen LogP contribution < -0.4 is 9.75 Å². The second kappa shape index (κ2) is 7.56. The van der Waals surface area contributed by atoms with Gasteiger partial charge in [0.05, 0.1) is 24.6 Å². The lowest BCUT2D eigenvalue weighted by molar-refractivity contribution is 0.414. The molecular formula is C26H22N2O2. The van der Waals surface area contributed by atoms with Crippen molar-refractivity contribution in [2.24, 2.45) is 5.10 Å². The average Bonchev–Trinajstić information content (AvgIpc) is 3.25. The molecule has 0 radical (unpaired) electrons. The van der Waals surface area contributed by atoms with E-state index >= 15 is 0 Å². The molecule has 4 heteroatoms. The number of hydrazone groups is 1. The Morgan fingerprint density at radius 3 is 2.53 bits per heavy atom. The minimum Gasteiger partial charge on any atom is -0.507 e. The van der Waals surface area contributed by atoms with Crippen LogP contribution in [0.2, 0.25) is 0 Å². The number of anilines is 1. The van der Waals surface area contributed by atoms with Gasteiger partial charge in [0.1, 0.15) is 11.5 Å². The first kappa shape index (κ1) is 18.3. The Morgan fingerprint density at radius 2 is 1.70 bits per heavy atom.